The molecule has 0 radical (unpaired) electrons. The first-order valence-electron chi connectivity index (χ1n) is 9.52. The Bertz CT molecular complexity index is 1030. The number of rotatable bonds is 5. The van der Waals surface area contributed by atoms with Gasteiger partial charge >= 0.3 is 12.1 Å². The lowest BCUT2D eigenvalue weighted by Gasteiger charge is -2.22. The molecule has 0 saturated heterocycles. The summed E-state index contributed by atoms with van der Waals surface area (Å²) in [7, 11) is 0. The van der Waals surface area contributed by atoms with Crippen LogP contribution < -0.4 is 5.32 Å². The fraction of sp³-hybridized carbons (Fsp3) is 0.250. The molecule has 1 unspecified atom stereocenters. The van der Waals surface area contributed by atoms with E-state index in [-0.39, 0.29) is 6.42 Å². The molecule has 0 fully saturated rings. The van der Waals surface area contributed by atoms with Gasteiger partial charge in [0.15, 0.2) is 0 Å². The minimum Gasteiger partial charge on any atom is -0.480 e. The van der Waals surface area contributed by atoms with Crippen LogP contribution >= 0.6 is 0 Å². The summed E-state index contributed by atoms with van der Waals surface area (Å²) < 4.78 is 5.18. The van der Waals surface area contributed by atoms with Crippen molar-refractivity contribution in [3.05, 3.63) is 72.3 Å². The van der Waals surface area contributed by atoms with E-state index >= 15 is 0 Å². The van der Waals surface area contributed by atoms with E-state index in [1.54, 1.807) is 20.8 Å². The Morgan fingerprint density at radius 2 is 1.69 bits per heavy atom. The monoisotopic (exact) mass is 391 g/mol. The molecule has 29 heavy (non-hydrogen) atoms. The van der Waals surface area contributed by atoms with Gasteiger partial charge in [0.2, 0.25) is 0 Å². The molecule has 1 amide bonds. The quantitative estimate of drug-likeness (QED) is 0.640. The van der Waals surface area contributed by atoms with Crippen LogP contribution in [0.15, 0.2) is 66.7 Å². The van der Waals surface area contributed by atoms with E-state index in [1.165, 1.54) is 0 Å². The molecule has 3 rings (SSSR count). The molecule has 0 heterocycles. The molecule has 3 aromatic carbocycles. The van der Waals surface area contributed by atoms with Crippen molar-refractivity contribution in [1.29, 1.82) is 0 Å². The van der Waals surface area contributed by atoms with Gasteiger partial charge in [-0.2, -0.15) is 0 Å². The van der Waals surface area contributed by atoms with Gasteiger partial charge in [0.25, 0.3) is 0 Å². The van der Waals surface area contributed by atoms with Crippen LogP contribution in [0.5, 0.6) is 0 Å². The molecule has 0 saturated carbocycles. The molecular weight excluding hydrogens is 366 g/mol. The maximum Gasteiger partial charge on any atom is 0.408 e. The average Bonchev–Trinajstić information content (AvgIpc) is 2.65. The minimum absolute atomic E-state index is 0.160. The van der Waals surface area contributed by atoms with Crippen molar-refractivity contribution in [2.24, 2.45) is 0 Å². The van der Waals surface area contributed by atoms with E-state index in [9.17, 15) is 14.7 Å². The van der Waals surface area contributed by atoms with Crippen LogP contribution in [0.3, 0.4) is 0 Å². The number of amides is 1. The zero-order valence-electron chi connectivity index (χ0n) is 16.8. The number of benzene rings is 3. The Kier molecular flexibility index (Phi) is 5.87. The molecule has 0 aliphatic rings. The molecular formula is C24H25NO4. The van der Waals surface area contributed by atoms with Crippen molar-refractivity contribution in [3.63, 3.8) is 0 Å². The van der Waals surface area contributed by atoms with Gasteiger partial charge in [-0.25, -0.2) is 9.59 Å². The van der Waals surface area contributed by atoms with E-state index in [0.29, 0.717) is 0 Å². The van der Waals surface area contributed by atoms with Gasteiger partial charge in [0, 0.05) is 6.42 Å². The molecule has 3 aromatic rings. The first-order chi connectivity index (χ1) is 13.7. The van der Waals surface area contributed by atoms with E-state index < -0.39 is 23.7 Å². The lowest BCUT2D eigenvalue weighted by Crippen LogP contribution is -2.44. The van der Waals surface area contributed by atoms with Gasteiger partial charge in [-0.3, -0.25) is 0 Å². The Hall–Kier alpha value is -3.34. The van der Waals surface area contributed by atoms with Gasteiger partial charge in [-0.1, -0.05) is 66.7 Å². The number of alkyl carbamates (subject to hydrolysis) is 1. The first-order valence-corrected chi connectivity index (χ1v) is 9.52. The fourth-order valence-corrected chi connectivity index (χ4v) is 3.23. The molecule has 0 spiro atoms. The first kappa shape index (κ1) is 20.4. The van der Waals surface area contributed by atoms with E-state index in [4.69, 9.17) is 4.74 Å². The second kappa shape index (κ2) is 8.35. The zero-order valence-corrected chi connectivity index (χ0v) is 16.8. The Balaban J connectivity index is 1.84. The van der Waals surface area contributed by atoms with Gasteiger partial charge in [-0.05, 0) is 48.2 Å². The van der Waals surface area contributed by atoms with Gasteiger partial charge < -0.3 is 15.2 Å². The number of hydrogen-bond donors (Lipinski definition) is 2. The molecule has 5 nitrogen and oxygen atoms in total. The molecule has 2 N–H and O–H groups in total. The summed E-state index contributed by atoms with van der Waals surface area (Å²) >= 11 is 0. The minimum atomic E-state index is -1.11. The number of fused-ring (bicyclic) bond motifs is 1. The van der Waals surface area contributed by atoms with Crippen molar-refractivity contribution in [2.45, 2.75) is 38.8 Å². The highest BCUT2D eigenvalue weighted by atomic mass is 16.6. The van der Waals surface area contributed by atoms with Crippen molar-refractivity contribution in [2.75, 3.05) is 0 Å². The number of nitrogens with one attached hydrogen (secondary N) is 1. The topological polar surface area (TPSA) is 75.6 Å². The molecule has 1 atom stereocenters. The van der Waals surface area contributed by atoms with Crippen molar-refractivity contribution in [3.8, 4) is 11.1 Å². The predicted molar refractivity (Wildman–Crippen MR) is 114 cm³/mol. The summed E-state index contributed by atoms with van der Waals surface area (Å²) in [5, 5.41) is 14.3. The lowest BCUT2D eigenvalue weighted by atomic mass is 9.95. The predicted octanol–water partition coefficient (Wildman–Crippen LogP) is 5.03. The largest absolute Gasteiger partial charge is 0.480 e. The summed E-state index contributed by atoms with van der Waals surface area (Å²) in [5.74, 6) is -1.11. The van der Waals surface area contributed by atoms with Crippen LogP contribution in [0.2, 0.25) is 0 Å². The van der Waals surface area contributed by atoms with E-state index in [1.807, 2.05) is 42.5 Å². The van der Waals surface area contributed by atoms with Crippen molar-refractivity contribution in [1.82, 2.24) is 5.32 Å². The number of carbonyl (C=O) groups is 2. The third-order valence-electron chi connectivity index (χ3n) is 4.46. The normalized spacial score (nSPS) is 12.4. The zero-order chi connectivity index (χ0) is 21.0. The van der Waals surface area contributed by atoms with Crippen LogP contribution in [0.4, 0.5) is 4.79 Å². The Labute approximate surface area is 170 Å². The lowest BCUT2D eigenvalue weighted by molar-refractivity contribution is -0.139. The number of hydrogen-bond acceptors (Lipinski definition) is 3. The summed E-state index contributed by atoms with van der Waals surface area (Å²) in [4.78, 5) is 23.7. The van der Waals surface area contributed by atoms with E-state index in [0.717, 1.165) is 27.5 Å². The van der Waals surface area contributed by atoms with Gasteiger partial charge in [0.1, 0.15) is 11.6 Å². The smallest absolute Gasteiger partial charge is 0.408 e. The Morgan fingerprint density at radius 3 is 2.41 bits per heavy atom. The number of carbonyl (C=O) groups excluding carboxylic acids is 1. The highest BCUT2D eigenvalue weighted by molar-refractivity contribution is 5.96. The standard InChI is InChI=1S/C24H25NO4/c1-24(2,3)29-23(28)25-21(22(26)27)15-16-8-6-11-18(14-16)20-13-7-10-17-9-4-5-12-19(17)20/h4-14,21H,15H2,1-3H3,(H,25,28)(H,26,27). The molecule has 150 valence electrons. The summed E-state index contributed by atoms with van der Waals surface area (Å²) in [5.41, 5.74) is 2.21. The second-order valence-corrected chi connectivity index (χ2v) is 7.97. The average molecular weight is 391 g/mol. The summed E-state index contributed by atoms with van der Waals surface area (Å²) in [6.45, 7) is 5.20. The third kappa shape index (κ3) is 5.35. The van der Waals surface area contributed by atoms with E-state index in [2.05, 4.69) is 29.6 Å². The van der Waals surface area contributed by atoms with Crippen molar-refractivity contribution < 1.29 is 19.4 Å². The molecule has 0 aromatic heterocycles. The maximum atomic E-state index is 12.0. The summed E-state index contributed by atoms with van der Waals surface area (Å²) in [6.07, 6.45) is -0.581. The highest BCUT2D eigenvalue weighted by Gasteiger charge is 2.24. The van der Waals surface area contributed by atoms with Crippen LogP contribution in [0.25, 0.3) is 21.9 Å². The maximum absolute atomic E-state index is 12.0. The number of carboxylic acids is 1. The summed E-state index contributed by atoms with van der Waals surface area (Å²) in [6, 6.07) is 20.9. The highest BCUT2D eigenvalue weighted by Crippen LogP contribution is 2.29. The van der Waals surface area contributed by atoms with Crippen LogP contribution in [0.1, 0.15) is 26.3 Å². The van der Waals surface area contributed by atoms with Gasteiger partial charge in [-0.15, -0.1) is 0 Å². The number of ether oxygens (including phenoxy) is 1. The van der Waals surface area contributed by atoms with Crippen LogP contribution in [0, 0.1) is 0 Å². The fourth-order valence-electron chi connectivity index (χ4n) is 3.23. The third-order valence-corrected chi connectivity index (χ3v) is 4.46. The number of aliphatic carboxylic acids is 1. The second-order valence-electron chi connectivity index (χ2n) is 7.97. The van der Waals surface area contributed by atoms with Crippen LogP contribution in [-0.2, 0) is 16.0 Å². The Morgan fingerprint density at radius 1 is 1.00 bits per heavy atom. The SMILES string of the molecule is CC(C)(C)OC(=O)NC(Cc1cccc(-c2cccc3ccccc23)c1)C(=O)O. The number of carboxylic acid groups (broad SMARTS) is 1. The molecule has 0 aliphatic heterocycles. The molecule has 0 aliphatic carbocycles. The molecule has 0 bridgehead atoms. The molecule has 5 heteroatoms. The van der Waals surface area contributed by atoms with Gasteiger partial charge in [0.05, 0.1) is 0 Å². The van der Waals surface area contributed by atoms with Crippen LogP contribution in [-0.4, -0.2) is 28.8 Å². The van der Waals surface area contributed by atoms with Crippen molar-refractivity contribution >= 4 is 22.8 Å².